The van der Waals surface area contributed by atoms with Gasteiger partial charge in [-0.3, -0.25) is 14.7 Å². The van der Waals surface area contributed by atoms with E-state index in [0.717, 1.165) is 51.5 Å². The normalized spacial score (nSPS) is 19.2. The predicted octanol–water partition coefficient (Wildman–Crippen LogP) is 5.15. The molecule has 0 spiro atoms. The summed E-state index contributed by atoms with van der Waals surface area (Å²) in [5.74, 6) is -0.0377. The number of nitrogens with one attached hydrogen (secondary N) is 2. The van der Waals surface area contributed by atoms with Crippen LogP contribution in [0.4, 0.5) is 5.69 Å². The summed E-state index contributed by atoms with van der Waals surface area (Å²) >= 11 is 9.99. The molecule has 0 radical (unpaired) electrons. The van der Waals surface area contributed by atoms with E-state index < -0.39 is 0 Å². The van der Waals surface area contributed by atoms with Gasteiger partial charge in [0.15, 0.2) is 0 Å². The highest BCUT2D eigenvalue weighted by molar-refractivity contribution is 9.10. The number of amides is 1. The zero-order chi connectivity index (χ0) is 26.9. The van der Waals surface area contributed by atoms with Crippen LogP contribution >= 0.6 is 27.5 Å². The standard InChI is InChI=1S/C30H30BrClN6O/c1-19-15-37(18-35-19)16-20-3-2-4-25(11-20)36-30(39)27-17-38(10-9-33-27)29-26-8-7-24(32)13-21(26)5-6-22-12-23(31)14-34-28(22)29/h2-4,7-8,11-15,18,27,29,33H,5-6,9-10,16-17H2,1H3,(H,36,39)/t27?,29-/m1/s1. The van der Waals surface area contributed by atoms with Gasteiger partial charge in [-0.15, -0.1) is 0 Å². The number of aryl methyl sites for hydroxylation is 3. The number of halogens is 2. The van der Waals surface area contributed by atoms with Gasteiger partial charge in [0.05, 0.1) is 29.8 Å². The summed E-state index contributed by atoms with van der Waals surface area (Å²) in [6.45, 7) is 4.78. The van der Waals surface area contributed by atoms with Gasteiger partial charge < -0.3 is 15.2 Å². The van der Waals surface area contributed by atoms with Crippen molar-refractivity contribution in [3.63, 3.8) is 0 Å². The fourth-order valence-corrected chi connectivity index (χ4v) is 6.28. The zero-order valence-corrected chi connectivity index (χ0v) is 24.0. The Morgan fingerprint density at radius 1 is 1.15 bits per heavy atom. The molecule has 200 valence electrons. The summed E-state index contributed by atoms with van der Waals surface area (Å²) < 4.78 is 3.02. The number of benzene rings is 2. The van der Waals surface area contributed by atoms with E-state index in [0.29, 0.717) is 19.6 Å². The van der Waals surface area contributed by atoms with Crippen LogP contribution < -0.4 is 10.6 Å². The predicted molar refractivity (Wildman–Crippen MR) is 157 cm³/mol. The number of carbonyl (C=O) groups is 1. The monoisotopic (exact) mass is 604 g/mol. The SMILES string of the molecule is Cc1cn(Cc2cccc(NC(=O)C3CN([C@@H]4c5ccc(Cl)cc5CCc5cc(Br)cnc54)CCN3)c2)cn1. The third-order valence-electron chi connectivity index (χ3n) is 7.50. The van der Waals surface area contributed by atoms with Gasteiger partial charge in [-0.2, -0.15) is 0 Å². The van der Waals surface area contributed by atoms with Gasteiger partial charge in [-0.1, -0.05) is 29.8 Å². The van der Waals surface area contributed by atoms with Crippen LogP contribution in [-0.4, -0.2) is 51.0 Å². The number of anilines is 1. The maximum Gasteiger partial charge on any atom is 0.242 e. The van der Waals surface area contributed by atoms with Crippen molar-refractivity contribution < 1.29 is 4.79 Å². The Bertz CT molecular complexity index is 1470. The second-order valence-electron chi connectivity index (χ2n) is 10.3. The van der Waals surface area contributed by atoms with Crippen molar-refractivity contribution in [1.29, 1.82) is 0 Å². The minimum absolute atomic E-state index is 0.0377. The van der Waals surface area contributed by atoms with Gasteiger partial charge in [-0.05, 0) is 88.3 Å². The van der Waals surface area contributed by atoms with E-state index in [-0.39, 0.29) is 18.0 Å². The molecular formula is C30H30BrClN6O. The Morgan fingerprint density at radius 2 is 2.03 bits per heavy atom. The third-order valence-corrected chi connectivity index (χ3v) is 8.17. The van der Waals surface area contributed by atoms with Crippen LogP contribution in [0, 0.1) is 6.92 Å². The summed E-state index contributed by atoms with van der Waals surface area (Å²) in [4.78, 5) is 25.0. The number of fused-ring (bicyclic) bond motifs is 2. The number of rotatable bonds is 5. The first-order chi connectivity index (χ1) is 18.9. The van der Waals surface area contributed by atoms with E-state index in [1.807, 2.05) is 54.5 Å². The summed E-state index contributed by atoms with van der Waals surface area (Å²) in [5, 5.41) is 7.32. The van der Waals surface area contributed by atoms with E-state index in [9.17, 15) is 4.79 Å². The molecule has 1 aliphatic carbocycles. The summed E-state index contributed by atoms with van der Waals surface area (Å²) in [6, 6.07) is 15.9. The van der Waals surface area contributed by atoms with Crippen molar-refractivity contribution in [2.75, 3.05) is 25.0 Å². The minimum atomic E-state index is -0.350. The molecule has 1 unspecified atom stereocenters. The molecule has 0 saturated carbocycles. The maximum atomic E-state index is 13.5. The Balaban J connectivity index is 1.22. The molecule has 0 bridgehead atoms. The van der Waals surface area contributed by atoms with Gasteiger partial charge in [0, 0.05) is 53.8 Å². The van der Waals surface area contributed by atoms with E-state index >= 15 is 0 Å². The van der Waals surface area contributed by atoms with Crippen molar-refractivity contribution in [2.24, 2.45) is 0 Å². The molecule has 39 heavy (non-hydrogen) atoms. The van der Waals surface area contributed by atoms with E-state index in [1.165, 1.54) is 16.7 Å². The van der Waals surface area contributed by atoms with Gasteiger partial charge >= 0.3 is 0 Å². The number of pyridine rings is 1. The van der Waals surface area contributed by atoms with Crippen LogP contribution in [0.25, 0.3) is 0 Å². The smallest absolute Gasteiger partial charge is 0.242 e. The molecule has 1 aliphatic heterocycles. The van der Waals surface area contributed by atoms with Crippen LogP contribution in [-0.2, 0) is 24.2 Å². The van der Waals surface area contributed by atoms with Gasteiger partial charge in [0.25, 0.3) is 0 Å². The van der Waals surface area contributed by atoms with E-state index in [2.05, 4.69) is 60.7 Å². The first-order valence-corrected chi connectivity index (χ1v) is 14.4. The minimum Gasteiger partial charge on any atom is -0.333 e. The molecule has 9 heteroatoms. The molecule has 1 fully saturated rings. The maximum absolute atomic E-state index is 13.5. The Kier molecular flexibility index (Phi) is 7.53. The molecule has 2 N–H and O–H groups in total. The van der Waals surface area contributed by atoms with E-state index in [1.54, 1.807) is 0 Å². The molecule has 3 heterocycles. The number of hydrogen-bond donors (Lipinski definition) is 2. The molecule has 2 aromatic heterocycles. The zero-order valence-electron chi connectivity index (χ0n) is 21.7. The number of piperazine rings is 1. The van der Waals surface area contributed by atoms with Crippen LogP contribution in [0.3, 0.4) is 0 Å². The number of hydrogen-bond acceptors (Lipinski definition) is 5. The van der Waals surface area contributed by atoms with Crippen molar-refractivity contribution in [2.45, 2.75) is 38.4 Å². The fraction of sp³-hybridized carbons (Fsp3) is 0.300. The second-order valence-corrected chi connectivity index (χ2v) is 11.7. The number of carbonyl (C=O) groups excluding carboxylic acids is 1. The van der Waals surface area contributed by atoms with Crippen LogP contribution in [0.5, 0.6) is 0 Å². The third kappa shape index (κ3) is 5.79. The highest BCUT2D eigenvalue weighted by Gasteiger charge is 2.35. The summed E-state index contributed by atoms with van der Waals surface area (Å²) in [7, 11) is 0. The quantitative estimate of drug-likeness (QED) is 0.329. The highest BCUT2D eigenvalue weighted by Crippen LogP contribution is 2.38. The lowest BCUT2D eigenvalue weighted by molar-refractivity contribution is -0.119. The Labute approximate surface area is 241 Å². The molecular weight excluding hydrogens is 576 g/mol. The molecule has 4 aromatic rings. The van der Waals surface area contributed by atoms with Crippen molar-refractivity contribution >= 4 is 39.1 Å². The lowest BCUT2D eigenvalue weighted by Crippen LogP contribution is -2.56. The molecule has 2 atom stereocenters. The van der Waals surface area contributed by atoms with Gasteiger partial charge in [-0.25, -0.2) is 4.98 Å². The highest BCUT2D eigenvalue weighted by atomic mass is 79.9. The van der Waals surface area contributed by atoms with Gasteiger partial charge in [0.2, 0.25) is 5.91 Å². The summed E-state index contributed by atoms with van der Waals surface area (Å²) in [6.07, 6.45) is 7.51. The lowest BCUT2D eigenvalue weighted by Gasteiger charge is -2.39. The van der Waals surface area contributed by atoms with Crippen LogP contribution in [0.2, 0.25) is 5.02 Å². The van der Waals surface area contributed by atoms with Crippen molar-refractivity contribution in [1.82, 2.24) is 24.8 Å². The first-order valence-electron chi connectivity index (χ1n) is 13.2. The molecule has 2 aliphatic rings. The fourth-order valence-electron chi connectivity index (χ4n) is 5.71. The van der Waals surface area contributed by atoms with Crippen molar-refractivity contribution in [3.8, 4) is 0 Å². The number of aromatic nitrogens is 3. The summed E-state index contributed by atoms with van der Waals surface area (Å²) in [5.41, 5.74) is 7.62. The lowest BCUT2D eigenvalue weighted by atomic mass is 9.95. The van der Waals surface area contributed by atoms with Crippen LogP contribution in [0.15, 0.2) is 71.7 Å². The molecule has 7 nitrogen and oxygen atoms in total. The number of nitrogens with zero attached hydrogens (tertiary/aromatic N) is 4. The first kappa shape index (κ1) is 26.2. The molecule has 2 aromatic carbocycles. The second kappa shape index (κ2) is 11.2. The topological polar surface area (TPSA) is 75.1 Å². The Morgan fingerprint density at radius 3 is 2.87 bits per heavy atom. The van der Waals surface area contributed by atoms with Gasteiger partial charge in [0.1, 0.15) is 0 Å². The van der Waals surface area contributed by atoms with Crippen LogP contribution in [0.1, 0.15) is 39.7 Å². The largest absolute Gasteiger partial charge is 0.333 e. The average Bonchev–Trinajstić information content (AvgIpc) is 3.26. The number of imidazole rings is 1. The average molecular weight is 606 g/mol. The Hall–Kier alpha value is -3.04. The molecule has 1 amide bonds. The molecule has 6 rings (SSSR count). The molecule has 1 saturated heterocycles. The van der Waals surface area contributed by atoms with Crippen molar-refractivity contribution in [3.05, 3.63) is 110 Å². The van der Waals surface area contributed by atoms with E-state index in [4.69, 9.17) is 16.6 Å².